The maximum absolute atomic E-state index is 13.7. The number of H-pyrrole nitrogens is 1. The lowest BCUT2D eigenvalue weighted by atomic mass is 9.98. The third-order valence-electron chi connectivity index (χ3n) is 7.78. The molecule has 11 nitrogen and oxygen atoms in total. The summed E-state index contributed by atoms with van der Waals surface area (Å²) in [7, 11) is 3.18. The fourth-order valence-corrected chi connectivity index (χ4v) is 5.12. The summed E-state index contributed by atoms with van der Waals surface area (Å²) in [6.07, 6.45) is 4.49. The molecule has 1 saturated heterocycles. The second kappa shape index (κ2) is 11.1. The summed E-state index contributed by atoms with van der Waals surface area (Å²) >= 11 is 0. The lowest BCUT2D eigenvalue weighted by molar-refractivity contribution is 0.0968. The molecule has 0 saturated carbocycles. The van der Waals surface area contributed by atoms with Crippen LogP contribution in [0.5, 0.6) is 11.5 Å². The lowest BCUT2D eigenvalue weighted by Crippen LogP contribution is -2.49. The van der Waals surface area contributed by atoms with E-state index in [0.717, 1.165) is 44.5 Å². The SMILES string of the molecule is CCC(C)(C)n1nnnc1[C@@H](c1cc2cc(OC)c(OC)cc2[nH]c1=O)N1CCN(Cc2ccncc2)CC1. The maximum Gasteiger partial charge on any atom is 0.253 e. The number of nitrogens with one attached hydrogen (secondary N) is 1. The lowest BCUT2D eigenvalue weighted by Gasteiger charge is -2.39. The number of piperazine rings is 1. The fraction of sp³-hybridized carbons (Fsp3) is 0.464. The average molecular weight is 533 g/mol. The Hall–Kier alpha value is -3.83. The first-order chi connectivity index (χ1) is 18.8. The van der Waals surface area contributed by atoms with Gasteiger partial charge in [0.15, 0.2) is 17.3 Å². The molecule has 1 fully saturated rings. The van der Waals surface area contributed by atoms with Crippen molar-refractivity contribution in [1.82, 2.24) is 40.0 Å². The molecule has 206 valence electrons. The molecule has 1 atom stereocenters. The van der Waals surface area contributed by atoms with Crippen LogP contribution in [-0.2, 0) is 12.1 Å². The van der Waals surface area contributed by atoms with Gasteiger partial charge in [0.2, 0.25) is 0 Å². The van der Waals surface area contributed by atoms with Crippen LogP contribution in [0.2, 0.25) is 0 Å². The second-order valence-electron chi connectivity index (χ2n) is 10.5. The van der Waals surface area contributed by atoms with Crippen LogP contribution in [0.4, 0.5) is 0 Å². The van der Waals surface area contributed by atoms with E-state index in [-0.39, 0.29) is 11.1 Å². The molecule has 0 radical (unpaired) electrons. The predicted octanol–water partition coefficient (Wildman–Crippen LogP) is 2.98. The Morgan fingerprint density at radius 2 is 1.72 bits per heavy atom. The molecule has 0 aliphatic carbocycles. The number of aromatic nitrogens is 6. The quantitative estimate of drug-likeness (QED) is 0.347. The number of hydrogen-bond donors (Lipinski definition) is 1. The molecule has 4 heterocycles. The Balaban J connectivity index is 1.55. The maximum atomic E-state index is 13.7. The van der Waals surface area contributed by atoms with Gasteiger partial charge in [0, 0.05) is 62.1 Å². The van der Waals surface area contributed by atoms with Crippen molar-refractivity contribution in [3.63, 3.8) is 0 Å². The highest BCUT2D eigenvalue weighted by Gasteiger charge is 2.35. The monoisotopic (exact) mass is 532 g/mol. The number of tetrazole rings is 1. The number of rotatable bonds is 9. The number of pyridine rings is 2. The van der Waals surface area contributed by atoms with Crippen LogP contribution in [0.25, 0.3) is 10.9 Å². The van der Waals surface area contributed by atoms with Crippen molar-refractivity contribution >= 4 is 10.9 Å². The predicted molar refractivity (Wildman–Crippen MR) is 148 cm³/mol. The first-order valence-electron chi connectivity index (χ1n) is 13.3. The Kier molecular flexibility index (Phi) is 7.62. The zero-order chi connectivity index (χ0) is 27.6. The van der Waals surface area contributed by atoms with Gasteiger partial charge in [-0.15, -0.1) is 5.10 Å². The number of benzene rings is 1. The molecule has 39 heavy (non-hydrogen) atoms. The van der Waals surface area contributed by atoms with E-state index < -0.39 is 6.04 Å². The van der Waals surface area contributed by atoms with Gasteiger partial charge in [-0.2, -0.15) is 0 Å². The molecule has 4 aromatic rings. The van der Waals surface area contributed by atoms with Gasteiger partial charge in [0.25, 0.3) is 5.56 Å². The number of methoxy groups -OCH3 is 2. The molecule has 3 aromatic heterocycles. The molecule has 0 amide bonds. The zero-order valence-corrected chi connectivity index (χ0v) is 23.2. The van der Waals surface area contributed by atoms with Crippen LogP contribution < -0.4 is 15.0 Å². The van der Waals surface area contributed by atoms with Gasteiger partial charge >= 0.3 is 0 Å². The van der Waals surface area contributed by atoms with Crippen molar-refractivity contribution in [2.45, 2.75) is 45.3 Å². The zero-order valence-electron chi connectivity index (χ0n) is 23.2. The molecule has 0 spiro atoms. The Bertz CT molecular complexity index is 1480. The standard InChI is InChI=1S/C28H36N8O3/c1-6-28(2,3)36-26(31-32-33-36)25(35-13-11-34(12-14-35)18-19-7-9-29-10-8-19)21-15-20-16-23(38-4)24(39-5)17-22(20)30-27(21)37/h7-10,15-17,25H,6,11-14,18H2,1-5H3,(H,30,37)/t25-/m1/s1. The molecule has 11 heteroatoms. The minimum absolute atomic E-state index is 0.178. The van der Waals surface area contributed by atoms with E-state index in [1.807, 2.05) is 41.3 Å². The Morgan fingerprint density at radius 3 is 2.38 bits per heavy atom. The van der Waals surface area contributed by atoms with E-state index in [4.69, 9.17) is 9.47 Å². The van der Waals surface area contributed by atoms with Crippen molar-refractivity contribution in [3.8, 4) is 11.5 Å². The van der Waals surface area contributed by atoms with Gasteiger partial charge < -0.3 is 14.5 Å². The third-order valence-corrected chi connectivity index (χ3v) is 7.78. The minimum Gasteiger partial charge on any atom is -0.493 e. The van der Waals surface area contributed by atoms with E-state index in [0.29, 0.717) is 28.4 Å². The van der Waals surface area contributed by atoms with Gasteiger partial charge in [-0.05, 0) is 60.5 Å². The topological polar surface area (TPSA) is 114 Å². The van der Waals surface area contributed by atoms with E-state index in [9.17, 15) is 4.79 Å². The van der Waals surface area contributed by atoms with Gasteiger partial charge in [0.05, 0.1) is 25.3 Å². The van der Waals surface area contributed by atoms with E-state index in [2.05, 4.69) is 56.1 Å². The molecule has 0 unspecified atom stereocenters. The first kappa shape index (κ1) is 26.8. The number of ether oxygens (including phenoxy) is 2. The Labute approximate surface area is 227 Å². The van der Waals surface area contributed by atoms with Gasteiger partial charge in [-0.3, -0.25) is 19.6 Å². The first-order valence-corrected chi connectivity index (χ1v) is 13.3. The smallest absolute Gasteiger partial charge is 0.253 e. The van der Waals surface area contributed by atoms with Crippen LogP contribution in [0.1, 0.15) is 50.2 Å². The van der Waals surface area contributed by atoms with Gasteiger partial charge in [-0.1, -0.05) is 6.92 Å². The summed E-state index contributed by atoms with van der Waals surface area (Å²) in [5.41, 5.74) is 2.01. The summed E-state index contributed by atoms with van der Waals surface area (Å²) in [6, 6.07) is 9.28. The van der Waals surface area contributed by atoms with Crippen LogP contribution in [0.15, 0.2) is 47.5 Å². The van der Waals surface area contributed by atoms with Crippen molar-refractivity contribution in [3.05, 3.63) is 70.0 Å². The Morgan fingerprint density at radius 1 is 1.03 bits per heavy atom. The molecular weight excluding hydrogens is 496 g/mol. The highest BCUT2D eigenvalue weighted by atomic mass is 16.5. The van der Waals surface area contributed by atoms with Crippen LogP contribution in [-0.4, -0.2) is 80.4 Å². The molecule has 0 bridgehead atoms. The van der Waals surface area contributed by atoms with Crippen molar-refractivity contribution in [1.29, 1.82) is 0 Å². The van der Waals surface area contributed by atoms with Crippen LogP contribution in [0.3, 0.4) is 0 Å². The summed E-state index contributed by atoms with van der Waals surface area (Å²) in [6.45, 7) is 10.4. The molecule has 1 N–H and O–H groups in total. The average Bonchev–Trinajstić information content (AvgIpc) is 3.45. The number of aromatic amines is 1. The summed E-state index contributed by atoms with van der Waals surface area (Å²) in [5, 5.41) is 13.8. The molecule has 1 aromatic carbocycles. The molecule has 1 aliphatic rings. The number of hydrogen-bond acceptors (Lipinski definition) is 9. The van der Waals surface area contributed by atoms with Crippen molar-refractivity contribution < 1.29 is 9.47 Å². The van der Waals surface area contributed by atoms with Crippen LogP contribution >= 0.6 is 0 Å². The summed E-state index contributed by atoms with van der Waals surface area (Å²) in [5.74, 6) is 1.82. The number of nitrogens with zero attached hydrogens (tertiary/aromatic N) is 7. The van der Waals surface area contributed by atoms with Crippen molar-refractivity contribution in [2.24, 2.45) is 0 Å². The molecule has 1 aliphatic heterocycles. The molecular formula is C28H36N8O3. The van der Waals surface area contributed by atoms with E-state index in [1.165, 1.54) is 5.56 Å². The van der Waals surface area contributed by atoms with Crippen LogP contribution in [0, 0.1) is 0 Å². The highest BCUT2D eigenvalue weighted by molar-refractivity contribution is 5.83. The molecule has 5 rings (SSSR count). The van der Waals surface area contributed by atoms with Gasteiger partial charge in [-0.25, -0.2) is 4.68 Å². The second-order valence-corrected chi connectivity index (χ2v) is 10.5. The summed E-state index contributed by atoms with van der Waals surface area (Å²) in [4.78, 5) is 25.6. The van der Waals surface area contributed by atoms with Gasteiger partial charge in [0.1, 0.15) is 6.04 Å². The van der Waals surface area contributed by atoms with E-state index in [1.54, 1.807) is 20.3 Å². The highest BCUT2D eigenvalue weighted by Crippen LogP contribution is 2.34. The third kappa shape index (κ3) is 5.37. The van der Waals surface area contributed by atoms with Crippen molar-refractivity contribution in [2.75, 3.05) is 40.4 Å². The fourth-order valence-electron chi connectivity index (χ4n) is 5.12. The number of fused-ring (bicyclic) bond motifs is 1. The minimum atomic E-state index is -0.421. The normalized spacial score (nSPS) is 15.9. The largest absolute Gasteiger partial charge is 0.493 e. The summed E-state index contributed by atoms with van der Waals surface area (Å²) < 4.78 is 12.8. The van der Waals surface area contributed by atoms with E-state index >= 15 is 0 Å².